The number of halogens is 1. The van der Waals surface area contributed by atoms with Crippen molar-refractivity contribution in [2.75, 3.05) is 7.05 Å². The van der Waals surface area contributed by atoms with Gasteiger partial charge in [-0.15, -0.1) is 0 Å². The van der Waals surface area contributed by atoms with Gasteiger partial charge in [0.25, 0.3) is 0 Å². The van der Waals surface area contributed by atoms with Crippen LogP contribution in [-0.4, -0.2) is 18.2 Å². The lowest BCUT2D eigenvalue weighted by molar-refractivity contribution is 0.368. The van der Waals surface area contributed by atoms with Gasteiger partial charge >= 0.3 is 0 Å². The Morgan fingerprint density at radius 2 is 1.92 bits per heavy atom. The number of rotatable bonds is 7. The number of benzene rings is 1. The number of hydrogen-bond donors (Lipinski definition) is 2. The molecule has 5 nitrogen and oxygen atoms in total. The average Bonchev–Trinajstić information content (AvgIpc) is 3.06. The molecule has 1 aromatic heterocycles. The van der Waals surface area contributed by atoms with Crippen molar-refractivity contribution in [2.45, 2.75) is 45.7 Å². The van der Waals surface area contributed by atoms with Crippen LogP contribution in [0.25, 0.3) is 0 Å². The Kier molecular flexibility index (Phi) is 7.12. The highest BCUT2D eigenvalue weighted by Gasteiger charge is 2.13. The Balaban J connectivity index is 1.87. The van der Waals surface area contributed by atoms with Crippen molar-refractivity contribution in [1.82, 2.24) is 15.8 Å². The van der Waals surface area contributed by atoms with E-state index in [0.717, 1.165) is 34.9 Å². The van der Waals surface area contributed by atoms with Crippen LogP contribution in [0.2, 0.25) is 5.02 Å². The highest BCUT2D eigenvalue weighted by Crippen LogP contribution is 2.22. The van der Waals surface area contributed by atoms with Crippen LogP contribution in [0.15, 0.2) is 39.8 Å². The summed E-state index contributed by atoms with van der Waals surface area (Å²) in [5.74, 6) is 1.95. The van der Waals surface area contributed by atoms with Crippen molar-refractivity contribution in [3.63, 3.8) is 0 Å². The fourth-order valence-corrected chi connectivity index (χ4v) is 2.73. The number of hydrogen-bond acceptors (Lipinski definition) is 3. The van der Waals surface area contributed by atoms with Crippen molar-refractivity contribution >= 4 is 17.6 Å². The van der Waals surface area contributed by atoms with Crippen molar-refractivity contribution in [2.24, 2.45) is 4.99 Å². The lowest BCUT2D eigenvalue weighted by atomic mass is 9.99. The minimum Gasteiger partial charge on any atom is -0.359 e. The summed E-state index contributed by atoms with van der Waals surface area (Å²) in [5, 5.41) is 11.4. The molecule has 0 atom stereocenters. The van der Waals surface area contributed by atoms with Crippen molar-refractivity contribution in [3.8, 4) is 0 Å². The van der Waals surface area contributed by atoms with Gasteiger partial charge in [-0.2, -0.15) is 0 Å². The maximum absolute atomic E-state index is 6.16. The largest absolute Gasteiger partial charge is 0.359 e. The maximum Gasteiger partial charge on any atom is 0.191 e. The highest BCUT2D eigenvalue weighted by atomic mass is 35.5. The smallest absolute Gasteiger partial charge is 0.191 e. The predicted octanol–water partition coefficient (Wildman–Crippen LogP) is 4.10. The van der Waals surface area contributed by atoms with Gasteiger partial charge in [-0.25, -0.2) is 0 Å². The molecule has 0 fully saturated rings. The van der Waals surface area contributed by atoms with Crippen LogP contribution in [-0.2, 0) is 13.1 Å². The van der Waals surface area contributed by atoms with E-state index in [1.165, 1.54) is 0 Å². The number of aromatic nitrogens is 1. The summed E-state index contributed by atoms with van der Waals surface area (Å²) in [4.78, 5) is 4.21. The molecule has 0 amide bonds. The molecule has 2 N–H and O–H groups in total. The van der Waals surface area contributed by atoms with Gasteiger partial charge in [-0.3, -0.25) is 4.99 Å². The summed E-state index contributed by atoms with van der Waals surface area (Å²) in [6.07, 6.45) is 2.13. The molecular formula is C18H25ClN4O. The standard InChI is InChI=1S/C18H25ClN4O/c1-4-13(5-2)17-10-15(24-23-17)12-22-18(20-3)21-11-14-8-6-7-9-16(14)19/h6-10,13H,4-5,11-12H2,1-3H3,(H2,20,21,22). The van der Waals surface area contributed by atoms with E-state index in [0.29, 0.717) is 25.0 Å². The summed E-state index contributed by atoms with van der Waals surface area (Å²) in [6, 6.07) is 9.77. The van der Waals surface area contributed by atoms with E-state index in [1.54, 1.807) is 7.05 Å². The maximum atomic E-state index is 6.16. The third kappa shape index (κ3) is 4.99. The monoisotopic (exact) mass is 348 g/mol. The quantitative estimate of drug-likeness (QED) is 0.584. The van der Waals surface area contributed by atoms with Crippen molar-refractivity contribution in [1.29, 1.82) is 0 Å². The molecule has 0 radical (unpaired) electrons. The van der Waals surface area contributed by atoms with Gasteiger partial charge in [-0.05, 0) is 24.5 Å². The lowest BCUT2D eigenvalue weighted by Gasteiger charge is -2.11. The minimum atomic E-state index is 0.458. The van der Waals surface area contributed by atoms with E-state index >= 15 is 0 Å². The Bertz CT molecular complexity index is 665. The van der Waals surface area contributed by atoms with E-state index in [4.69, 9.17) is 16.1 Å². The third-order valence-electron chi connectivity index (χ3n) is 4.04. The number of nitrogens with one attached hydrogen (secondary N) is 2. The summed E-state index contributed by atoms with van der Waals surface area (Å²) in [6.45, 7) is 5.48. The Morgan fingerprint density at radius 1 is 1.21 bits per heavy atom. The zero-order chi connectivity index (χ0) is 17.4. The second-order valence-corrected chi connectivity index (χ2v) is 6.01. The lowest BCUT2D eigenvalue weighted by Crippen LogP contribution is -2.36. The first-order valence-corrected chi connectivity index (χ1v) is 8.69. The average molecular weight is 349 g/mol. The molecular weight excluding hydrogens is 324 g/mol. The first-order chi connectivity index (χ1) is 11.7. The van der Waals surface area contributed by atoms with Crippen molar-refractivity contribution < 1.29 is 4.52 Å². The summed E-state index contributed by atoms with van der Waals surface area (Å²) < 4.78 is 5.41. The van der Waals surface area contributed by atoms with Crippen LogP contribution < -0.4 is 10.6 Å². The molecule has 0 saturated heterocycles. The van der Waals surface area contributed by atoms with Gasteiger partial charge in [0.1, 0.15) is 0 Å². The zero-order valence-electron chi connectivity index (χ0n) is 14.5. The van der Waals surface area contributed by atoms with E-state index in [-0.39, 0.29) is 0 Å². The molecule has 0 unspecified atom stereocenters. The van der Waals surface area contributed by atoms with Crippen LogP contribution in [0, 0.1) is 0 Å². The van der Waals surface area contributed by atoms with Gasteiger partial charge in [-0.1, -0.05) is 48.8 Å². The Morgan fingerprint density at radius 3 is 2.58 bits per heavy atom. The predicted molar refractivity (Wildman–Crippen MR) is 98.3 cm³/mol. The molecule has 2 aromatic rings. The van der Waals surface area contributed by atoms with Crippen LogP contribution in [0.1, 0.15) is 49.6 Å². The van der Waals surface area contributed by atoms with E-state index in [9.17, 15) is 0 Å². The van der Waals surface area contributed by atoms with Crippen LogP contribution in [0.4, 0.5) is 0 Å². The molecule has 0 aliphatic heterocycles. The number of aliphatic imine (C=N–C) groups is 1. The molecule has 0 bridgehead atoms. The van der Waals surface area contributed by atoms with Gasteiger partial charge in [0.15, 0.2) is 11.7 Å². The fourth-order valence-electron chi connectivity index (χ4n) is 2.52. The highest BCUT2D eigenvalue weighted by molar-refractivity contribution is 6.31. The number of nitrogens with zero attached hydrogens (tertiary/aromatic N) is 2. The molecule has 130 valence electrons. The normalized spacial score (nSPS) is 11.8. The van der Waals surface area contributed by atoms with Crippen molar-refractivity contribution in [3.05, 3.63) is 52.4 Å². The Hall–Kier alpha value is -2.01. The van der Waals surface area contributed by atoms with Crippen LogP contribution in [0.3, 0.4) is 0 Å². The van der Waals surface area contributed by atoms with Gasteiger partial charge in [0, 0.05) is 30.6 Å². The molecule has 24 heavy (non-hydrogen) atoms. The summed E-state index contributed by atoms with van der Waals surface area (Å²) in [7, 11) is 1.73. The van der Waals surface area contributed by atoms with Gasteiger partial charge < -0.3 is 15.2 Å². The summed E-state index contributed by atoms with van der Waals surface area (Å²) in [5.41, 5.74) is 2.05. The molecule has 0 aliphatic carbocycles. The first-order valence-electron chi connectivity index (χ1n) is 8.31. The molecule has 6 heteroatoms. The molecule has 1 heterocycles. The zero-order valence-corrected chi connectivity index (χ0v) is 15.2. The molecule has 1 aromatic carbocycles. The van der Waals surface area contributed by atoms with Crippen LogP contribution >= 0.6 is 11.6 Å². The third-order valence-corrected chi connectivity index (χ3v) is 4.41. The number of guanidine groups is 1. The van der Waals surface area contributed by atoms with E-state index in [1.807, 2.05) is 30.3 Å². The second-order valence-electron chi connectivity index (χ2n) is 5.60. The second kappa shape index (κ2) is 9.33. The fraction of sp³-hybridized carbons (Fsp3) is 0.444. The van der Waals surface area contributed by atoms with E-state index in [2.05, 4.69) is 34.6 Å². The van der Waals surface area contributed by atoms with Gasteiger partial charge in [0.05, 0.1) is 12.2 Å². The molecule has 0 spiro atoms. The van der Waals surface area contributed by atoms with Crippen LogP contribution in [0.5, 0.6) is 0 Å². The first kappa shape index (κ1) is 18.3. The molecule has 2 rings (SSSR count). The molecule has 0 saturated carbocycles. The topological polar surface area (TPSA) is 62.5 Å². The van der Waals surface area contributed by atoms with E-state index < -0.39 is 0 Å². The summed E-state index contributed by atoms with van der Waals surface area (Å²) >= 11 is 6.16. The SMILES string of the molecule is CCC(CC)c1cc(CNC(=NC)NCc2ccccc2Cl)on1. The Labute approximate surface area is 148 Å². The van der Waals surface area contributed by atoms with Gasteiger partial charge in [0.2, 0.25) is 0 Å². The molecule has 0 aliphatic rings. The minimum absolute atomic E-state index is 0.458.